The SMILES string of the molecule is O=S(=O)(c1ccc(-c2nnc(C3CCC3)o2)o1)N1CCCCCC1. The predicted molar refractivity (Wildman–Crippen MR) is 85.8 cm³/mol. The largest absolute Gasteiger partial charge is 0.438 e. The van der Waals surface area contributed by atoms with Crippen molar-refractivity contribution in [1.82, 2.24) is 14.5 Å². The molecule has 2 fully saturated rings. The van der Waals surface area contributed by atoms with E-state index in [1.165, 1.54) is 16.8 Å². The molecule has 0 spiro atoms. The van der Waals surface area contributed by atoms with Crippen molar-refractivity contribution in [3.63, 3.8) is 0 Å². The first kappa shape index (κ1) is 15.8. The molecule has 0 atom stereocenters. The van der Waals surface area contributed by atoms with Gasteiger partial charge in [0.25, 0.3) is 15.9 Å². The van der Waals surface area contributed by atoms with E-state index in [0.717, 1.165) is 38.5 Å². The summed E-state index contributed by atoms with van der Waals surface area (Å²) < 4.78 is 38.1. The highest BCUT2D eigenvalue weighted by Gasteiger charge is 2.30. The van der Waals surface area contributed by atoms with Gasteiger partial charge in [0.15, 0.2) is 5.76 Å². The zero-order valence-corrected chi connectivity index (χ0v) is 14.3. The summed E-state index contributed by atoms with van der Waals surface area (Å²) in [6.45, 7) is 1.09. The number of sulfonamides is 1. The second kappa shape index (κ2) is 6.33. The molecule has 3 heterocycles. The lowest BCUT2D eigenvalue weighted by atomic mass is 9.85. The van der Waals surface area contributed by atoms with Gasteiger partial charge < -0.3 is 8.83 Å². The van der Waals surface area contributed by atoms with Crippen LogP contribution in [-0.2, 0) is 10.0 Å². The van der Waals surface area contributed by atoms with E-state index in [-0.39, 0.29) is 11.0 Å². The Morgan fingerprint density at radius 1 is 0.958 bits per heavy atom. The molecule has 0 bridgehead atoms. The van der Waals surface area contributed by atoms with Crippen molar-refractivity contribution < 1.29 is 17.3 Å². The fraction of sp³-hybridized carbons (Fsp3) is 0.625. The molecule has 0 N–H and O–H groups in total. The molecule has 1 aliphatic carbocycles. The summed E-state index contributed by atoms with van der Waals surface area (Å²) in [6, 6.07) is 3.06. The summed E-state index contributed by atoms with van der Waals surface area (Å²) >= 11 is 0. The molecular weight excluding hydrogens is 330 g/mol. The fourth-order valence-electron chi connectivity index (χ4n) is 3.14. The second-order valence-electron chi connectivity index (χ2n) is 6.51. The van der Waals surface area contributed by atoms with E-state index in [2.05, 4.69) is 10.2 Å². The van der Waals surface area contributed by atoms with Gasteiger partial charge in [0.2, 0.25) is 11.0 Å². The Morgan fingerprint density at radius 2 is 1.71 bits per heavy atom. The summed E-state index contributed by atoms with van der Waals surface area (Å²) in [5, 5.41) is 7.99. The van der Waals surface area contributed by atoms with Crippen molar-refractivity contribution in [2.75, 3.05) is 13.1 Å². The van der Waals surface area contributed by atoms with Gasteiger partial charge >= 0.3 is 0 Å². The first-order valence-electron chi connectivity index (χ1n) is 8.58. The summed E-state index contributed by atoms with van der Waals surface area (Å²) in [6.07, 6.45) is 7.23. The lowest BCUT2D eigenvalue weighted by Gasteiger charge is -2.20. The van der Waals surface area contributed by atoms with Crippen LogP contribution < -0.4 is 0 Å². The normalized spacial score (nSPS) is 20.7. The quantitative estimate of drug-likeness (QED) is 0.840. The number of aromatic nitrogens is 2. The van der Waals surface area contributed by atoms with Gasteiger partial charge in [-0.1, -0.05) is 19.3 Å². The van der Waals surface area contributed by atoms with E-state index in [1.807, 2.05) is 0 Å². The predicted octanol–water partition coefficient (Wildman–Crippen LogP) is 3.16. The van der Waals surface area contributed by atoms with E-state index in [1.54, 1.807) is 6.07 Å². The van der Waals surface area contributed by atoms with E-state index in [9.17, 15) is 8.42 Å². The van der Waals surface area contributed by atoms with Gasteiger partial charge in [0.05, 0.1) is 0 Å². The average molecular weight is 351 g/mol. The summed E-state index contributed by atoms with van der Waals surface area (Å²) in [7, 11) is -3.60. The minimum atomic E-state index is -3.60. The van der Waals surface area contributed by atoms with Gasteiger partial charge in [-0.25, -0.2) is 8.42 Å². The second-order valence-corrected chi connectivity index (χ2v) is 8.38. The molecule has 0 amide bonds. The summed E-state index contributed by atoms with van der Waals surface area (Å²) in [5.74, 6) is 1.50. The van der Waals surface area contributed by atoms with Crippen LogP contribution in [0.15, 0.2) is 26.1 Å². The molecule has 7 nitrogen and oxygen atoms in total. The molecular formula is C16H21N3O4S. The Morgan fingerprint density at radius 3 is 2.38 bits per heavy atom. The highest BCUT2D eigenvalue weighted by atomic mass is 32.2. The summed E-state index contributed by atoms with van der Waals surface area (Å²) in [4.78, 5) is 0. The molecule has 0 radical (unpaired) electrons. The van der Waals surface area contributed by atoms with Crippen LogP contribution in [0.3, 0.4) is 0 Å². The van der Waals surface area contributed by atoms with Crippen LogP contribution in [0.25, 0.3) is 11.7 Å². The summed E-state index contributed by atoms with van der Waals surface area (Å²) in [5.41, 5.74) is 0. The van der Waals surface area contributed by atoms with Crippen molar-refractivity contribution in [3.8, 4) is 11.7 Å². The van der Waals surface area contributed by atoms with Gasteiger partial charge in [-0.3, -0.25) is 0 Å². The minimum Gasteiger partial charge on any atom is -0.438 e. The molecule has 130 valence electrons. The zero-order chi connectivity index (χ0) is 16.6. The van der Waals surface area contributed by atoms with Crippen molar-refractivity contribution in [2.24, 2.45) is 0 Å². The Bertz CT molecular complexity index is 799. The third-order valence-electron chi connectivity index (χ3n) is 4.85. The molecule has 1 saturated heterocycles. The monoisotopic (exact) mass is 351 g/mol. The highest BCUT2D eigenvalue weighted by molar-refractivity contribution is 7.89. The standard InChI is InChI=1S/C16H21N3O4S/c20-24(21,19-10-3-1-2-4-11-19)14-9-8-13(22-14)16-18-17-15(23-16)12-6-5-7-12/h8-9,12H,1-7,10-11H2. The third-order valence-corrected chi connectivity index (χ3v) is 6.62. The van der Waals surface area contributed by atoms with Crippen LogP contribution in [0, 0.1) is 0 Å². The topological polar surface area (TPSA) is 89.4 Å². The lowest BCUT2D eigenvalue weighted by Crippen LogP contribution is -2.31. The molecule has 0 unspecified atom stereocenters. The number of nitrogens with zero attached hydrogens (tertiary/aromatic N) is 3. The van der Waals surface area contributed by atoms with Crippen molar-refractivity contribution >= 4 is 10.0 Å². The molecule has 24 heavy (non-hydrogen) atoms. The third kappa shape index (κ3) is 2.88. The van der Waals surface area contributed by atoms with Gasteiger partial charge in [-0.05, 0) is 37.8 Å². The first-order valence-corrected chi connectivity index (χ1v) is 10.0. The average Bonchev–Trinajstić information content (AvgIpc) is 3.09. The Kier molecular flexibility index (Phi) is 4.17. The van der Waals surface area contributed by atoms with Crippen LogP contribution in [0.5, 0.6) is 0 Å². The first-order chi connectivity index (χ1) is 11.6. The van der Waals surface area contributed by atoms with Gasteiger partial charge in [-0.15, -0.1) is 10.2 Å². The van der Waals surface area contributed by atoms with Crippen LogP contribution in [0.4, 0.5) is 0 Å². The Hall–Kier alpha value is -1.67. The molecule has 4 rings (SSSR count). The fourth-order valence-corrected chi connectivity index (χ4v) is 4.57. The van der Waals surface area contributed by atoms with Gasteiger partial charge in [-0.2, -0.15) is 4.31 Å². The Balaban J connectivity index is 1.56. The lowest BCUT2D eigenvalue weighted by molar-refractivity contribution is 0.333. The molecule has 1 saturated carbocycles. The van der Waals surface area contributed by atoms with Gasteiger partial charge in [0.1, 0.15) is 0 Å². The maximum atomic E-state index is 12.7. The van der Waals surface area contributed by atoms with Crippen molar-refractivity contribution in [2.45, 2.75) is 56.0 Å². The van der Waals surface area contributed by atoms with Gasteiger partial charge in [0, 0.05) is 19.0 Å². The maximum Gasteiger partial charge on any atom is 0.283 e. The van der Waals surface area contributed by atoms with Crippen molar-refractivity contribution in [3.05, 3.63) is 18.0 Å². The maximum absolute atomic E-state index is 12.7. The van der Waals surface area contributed by atoms with E-state index >= 15 is 0 Å². The van der Waals surface area contributed by atoms with Crippen molar-refractivity contribution in [1.29, 1.82) is 0 Å². The van der Waals surface area contributed by atoms with Crippen LogP contribution in [0.1, 0.15) is 56.8 Å². The minimum absolute atomic E-state index is 0.0530. The zero-order valence-electron chi connectivity index (χ0n) is 13.5. The molecule has 2 aromatic rings. The number of hydrogen-bond acceptors (Lipinski definition) is 6. The number of rotatable bonds is 4. The molecule has 0 aromatic carbocycles. The molecule has 2 aliphatic rings. The molecule has 1 aliphatic heterocycles. The van der Waals surface area contributed by atoms with Crippen LogP contribution >= 0.6 is 0 Å². The van der Waals surface area contributed by atoms with Crippen LogP contribution in [-0.4, -0.2) is 36.0 Å². The smallest absolute Gasteiger partial charge is 0.283 e. The highest BCUT2D eigenvalue weighted by Crippen LogP contribution is 2.36. The number of hydrogen-bond donors (Lipinski definition) is 0. The molecule has 2 aromatic heterocycles. The number of furan rings is 1. The van der Waals surface area contributed by atoms with E-state index in [0.29, 0.717) is 30.7 Å². The van der Waals surface area contributed by atoms with Crippen LogP contribution in [0.2, 0.25) is 0 Å². The Labute approximate surface area is 141 Å². The van der Waals surface area contributed by atoms with E-state index in [4.69, 9.17) is 8.83 Å². The molecule has 8 heteroatoms. The van der Waals surface area contributed by atoms with E-state index < -0.39 is 10.0 Å².